The first-order valence-corrected chi connectivity index (χ1v) is 8.85. The molecule has 2 bridgehead atoms. The summed E-state index contributed by atoms with van der Waals surface area (Å²) >= 11 is 0. The number of aliphatic hydroxyl groups excluding tert-OH is 1. The summed E-state index contributed by atoms with van der Waals surface area (Å²) < 4.78 is 0. The van der Waals surface area contributed by atoms with Gasteiger partial charge in [0.25, 0.3) is 0 Å². The van der Waals surface area contributed by atoms with Gasteiger partial charge in [-0.25, -0.2) is 0 Å². The van der Waals surface area contributed by atoms with Crippen LogP contribution < -0.4 is 0 Å². The van der Waals surface area contributed by atoms with Crippen LogP contribution in [0.15, 0.2) is 73.4 Å². The van der Waals surface area contributed by atoms with Gasteiger partial charge < -0.3 is 5.11 Å². The molecule has 1 aromatic carbocycles. The molecule has 0 aromatic heterocycles. The van der Waals surface area contributed by atoms with Crippen LogP contribution in [-0.4, -0.2) is 22.5 Å². The van der Waals surface area contributed by atoms with Crippen LogP contribution in [0, 0.1) is 10.8 Å². The fraction of sp³-hybridized carbons (Fsp3) is 0.261. The third kappa shape index (κ3) is 2.55. The Hall–Kier alpha value is -3.01. The van der Waals surface area contributed by atoms with Crippen molar-refractivity contribution >= 4 is 23.1 Å². The molecule has 4 nitrogen and oxygen atoms in total. The van der Waals surface area contributed by atoms with E-state index in [-0.39, 0.29) is 37.0 Å². The molecular formula is C23H22O4. The molecule has 0 saturated heterocycles. The van der Waals surface area contributed by atoms with Gasteiger partial charge in [-0.1, -0.05) is 54.6 Å². The minimum absolute atomic E-state index is 0.0986. The van der Waals surface area contributed by atoms with Gasteiger partial charge in [0.15, 0.2) is 17.3 Å². The van der Waals surface area contributed by atoms with Crippen LogP contribution in [0.3, 0.4) is 0 Å². The van der Waals surface area contributed by atoms with Gasteiger partial charge in [0, 0.05) is 5.56 Å². The summed E-state index contributed by atoms with van der Waals surface area (Å²) in [4.78, 5) is 40.2. The van der Waals surface area contributed by atoms with Crippen molar-refractivity contribution in [3.63, 3.8) is 0 Å². The Kier molecular flexibility index (Phi) is 4.60. The lowest BCUT2D eigenvalue weighted by molar-refractivity contribution is -0.157. The Morgan fingerprint density at radius 1 is 0.963 bits per heavy atom. The highest BCUT2D eigenvalue weighted by molar-refractivity contribution is 6.41. The Morgan fingerprint density at radius 2 is 1.44 bits per heavy atom. The second-order valence-electron chi connectivity index (χ2n) is 7.33. The fourth-order valence-corrected chi connectivity index (χ4v) is 4.45. The molecule has 0 amide bonds. The third-order valence-electron chi connectivity index (χ3n) is 5.57. The Morgan fingerprint density at radius 3 is 1.89 bits per heavy atom. The molecule has 2 saturated carbocycles. The number of aliphatic hydroxyl groups is 1. The molecule has 2 atom stereocenters. The van der Waals surface area contributed by atoms with Crippen molar-refractivity contribution in [3.8, 4) is 0 Å². The Balaban J connectivity index is 2.32. The van der Waals surface area contributed by atoms with Gasteiger partial charge >= 0.3 is 0 Å². The summed E-state index contributed by atoms with van der Waals surface area (Å²) in [6, 6.07) is 8.42. The number of hydrogen-bond acceptors (Lipinski definition) is 4. The van der Waals surface area contributed by atoms with Crippen molar-refractivity contribution in [2.75, 3.05) is 0 Å². The number of fused-ring (bicyclic) bond motifs is 2. The zero-order valence-corrected chi connectivity index (χ0v) is 15.2. The monoisotopic (exact) mass is 362 g/mol. The number of benzene rings is 1. The standard InChI is InChI=1S/C23H22O4/c1-4-11-22-13-15(3)14-23(12-5-2,21(22)27)20(26)17(19(22)25)18(24)16-9-7-6-8-10-16/h4-10,24H,1-3,11-14H2. The SMILES string of the molecule is C=CCC12CC(=C)CC(CC=C)(C(=O)C(=C(O)c3ccccc3)C1=O)C2=O. The number of ketones is 3. The number of rotatable bonds is 5. The highest BCUT2D eigenvalue weighted by Gasteiger charge is 2.66. The lowest BCUT2D eigenvalue weighted by Gasteiger charge is -2.49. The molecular weight excluding hydrogens is 340 g/mol. The van der Waals surface area contributed by atoms with E-state index in [1.54, 1.807) is 30.3 Å². The molecule has 2 unspecified atom stereocenters. The lowest BCUT2D eigenvalue weighted by atomic mass is 9.48. The van der Waals surface area contributed by atoms with Crippen LogP contribution in [0.5, 0.6) is 0 Å². The van der Waals surface area contributed by atoms with E-state index in [1.807, 2.05) is 0 Å². The molecule has 0 aliphatic heterocycles. The molecule has 2 fully saturated rings. The highest BCUT2D eigenvalue weighted by atomic mass is 16.3. The maximum absolute atomic E-state index is 13.4. The predicted octanol–water partition coefficient (Wildman–Crippen LogP) is 4.15. The average Bonchev–Trinajstić information content (AvgIpc) is 2.65. The van der Waals surface area contributed by atoms with E-state index in [0.29, 0.717) is 11.1 Å². The van der Waals surface area contributed by atoms with Gasteiger partial charge in [-0.3, -0.25) is 14.4 Å². The molecule has 27 heavy (non-hydrogen) atoms. The normalized spacial score (nSPS) is 27.5. The third-order valence-corrected chi connectivity index (χ3v) is 5.57. The summed E-state index contributed by atoms with van der Waals surface area (Å²) in [5.74, 6) is -2.06. The highest BCUT2D eigenvalue weighted by Crippen LogP contribution is 2.56. The number of carbonyl (C=O) groups is 3. The molecule has 0 spiro atoms. The zero-order chi connectivity index (χ0) is 19.8. The van der Waals surface area contributed by atoms with E-state index in [4.69, 9.17) is 0 Å². The van der Waals surface area contributed by atoms with Gasteiger partial charge in [-0.2, -0.15) is 0 Å². The van der Waals surface area contributed by atoms with E-state index in [1.165, 1.54) is 12.2 Å². The van der Waals surface area contributed by atoms with Crippen LogP contribution in [-0.2, 0) is 14.4 Å². The number of Topliss-reactive ketones (excluding diaryl/α,β-unsaturated/α-hetero) is 3. The molecule has 1 N–H and O–H groups in total. The lowest BCUT2D eigenvalue weighted by Crippen LogP contribution is -2.61. The molecule has 4 heteroatoms. The van der Waals surface area contributed by atoms with Gasteiger partial charge in [0.05, 0.1) is 0 Å². The van der Waals surface area contributed by atoms with Gasteiger partial charge in [0.1, 0.15) is 22.2 Å². The largest absolute Gasteiger partial charge is 0.506 e. The minimum Gasteiger partial charge on any atom is -0.506 e. The fourth-order valence-electron chi connectivity index (χ4n) is 4.45. The second-order valence-corrected chi connectivity index (χ2v) is 7.33. The summed E-state index contributed by atoms with van der Waals surface area (Å²) in [6.45, 7) is 11.4. The van der Waals surface area contributed by atoms with Crippen LogP contribution in [0.25, 0.3) is 5.76 Å². The van der Waals surface area contributed by atoms with E-state index >= 15 is 0 Å². The van der Waals surface area contributed by atoms with Crippen LogP contribution in [0.1, 0.15) is 31.2 Å². The van der Waals surface area contributed by atoms with E-state index in [2.05, 4.69) is 19.7 Å². The van der Waals surface area contributed by atoms with Crippen molar-refractivity contribution in [1.82, 2.24) is 0 Å². The van der Waals surface area contributed by atoms with Gasteiger partial charge in [-0.15, -0.1) is 13.2 Å². The zero-order valence-electron chi connectivity index (χ0n) is 15.2. The molecule has 2 aliphatic carbocycles. The average molecular weight is 362 g/mol. The topological polar surface area (TPSA) is 71.4 Å². The van der Waals surface area contributed by atoms with Crippen LogP contribution in [0.4, 0.5) is 0 Å². The molecule has 0 heterocycles. The summed E-state index contributed by atoms with van der Waals surface area (Å²) in [7, 11) is 0. The maximum Gasteiger partial charge on any atom is 0.184 e. The summed E-state index contributed by atoms with van der Waals surface area (Å²) in [6.07, 6.45) is 3.55. The maximum atomic E-state index is 13.4. The molecule has 0 radical (unpaired) electrons. The first-order valence-electron chi connectivity index (χ1n) is 8.85. The summed E-state index contributed by atoms with van der Waals surface area (Å²) in [5.41, 5.74) is -2.13. The van der Waals surface area contributed by atoms with Crippen molar-refractivity contribution in [3.05, 3.63) is 78.9 Å². The molecule has 3 rings (SSSR count). The van der Waals surface area contributed by atoms with Gasteiger partial charge in [0.2, 0.25) is 0 Å². The van der Waals surface area contributed by atoms with Crippen LogP contribution >= 0.6 is 0 Å². The van der Waals surface area contributed by atoms with Crippen molar-refractivity contribution in [2.24, 2.45) is 10.8 Å². The number of allylic oxidation sites excluding steroid dienone is 4. The number of carbonyl (C=O) groups excluding carboxylic acids is 3. The van der Waals surface area contributed by atoms with Crippen molar-refractivity contribution in [1.29, 1.82) is 0 Å². The molecule has 2 aliphatic rings. The predicted molar refractivity (Wildman–Crippen MR) is 104 cm³/mol. The Labute approximate surface area is 158 Å². The van der Waals surface area contributed by atoms with E-state index in [9.17, 15) is 19.5 Å². The van der Waals surface area contributed by atoms with E-state index in [0.717, 1.165) is 0 Å². The van der Waals surface area contributed by atoms with Crippen molar-refractivity contribution in [2.45, 2.75) is 25.7 Å². The minimum atomic E-state index is -1.44. The molecule has 1 aromatic rings. The molecule has 138 valence electrons. The quantitative estimate of drug-likeness (QED) is 0.281. The van der Waals surface area contributed by atoms with Crippen molar-refractivity contribution < 1.29 is 19.5 Å². The first-order chi connectivity index (χ1) is 12.8. The first kappa shape index (κ1) is 18.8. The van der Waals surface area contributed by atoms with E-state index < -0.39 is 28.2 Å². The van der Waals surface area contributed by atoms with Crippen LogP contribution in [0.2, 0.25) is 0 Å². The number of hydrogen-bond donors (Lipinski definition) is 1. The Bertz CT molecular complexity index is 860. The summed E-state index contributed by atoms with van der Waals surface area (Å²) in [5, 5.41) is 10.8. The second kappa shape index (κ2) is 6.62. The smallest absolute Gasteiger partial charge is 0.184 e. The van der Waals surface area contributed by atoms with Gasteiger partial charge in [-0.05, 0) is 25.7 Å².